The highest BCUT2D eigenvalue weighted by Crippen LogP contribution is 2.58. The van der Waals surface area contributed by atoms with Crippen molar-refractivity contribution < 1.29 is 0 Å². The Hall–Kier alpha value is -0.0400. The molecule has 1 heteroatoms. The van der Waals surface area contributed by atoms with Gasteiger partial charge >= 0.3 is 0 Å². The fourth-order valence-electron chi connectivity index (χ4n) is 3.31. The Morgan fingerprint density at radius 3 is 1.39 bits per heavy atom. The number of hydrogen-bond acceptors (Lipinski definition) is 1. The molecule has 1 nitrogen and oxygen atoms in total. The molecule has 2 saturated carbocycles. The summed E-state index contributed by atoms with van der Waals surface area (Å²) in [5.41, 5.74) is 0.916. The lowest BCUT2D eigenvalue weighted by Gasteiger charge is -2.53. The molecule has 3 aliphatic rings. The van der Waals surface area contributed by atoms with Crippen molar-refractivity contribution in [2.75, 3.05) is 13.1 Å². The summed E-state index contributed by atoms with van der Waals surface area (Å²) in [4.78, 5) is 0. The fraction of sp³-hybridized carbons (Fsp3) is 1.00. The van der Waals surface area contributed by atoms with Gasteiger partial charge in [-0.05, 0) is 62.9 Å². The average Bonchev–Trinajstić information content (AvgIpc) is 2.40. The molecule has 1 heterocycles. The van der Waals surface area contributed by atoms with Gasteiger partial charge in [0, 0.05) is 0 Å². The van der Waals surface area contributed by atoms with E-state index in [0.29, 0.717) is 0 Å². The second-order valence-corrected chi connectivity index (χ2v) is 5.68. The lowest BCUT2D eigenvalue weighted by Crippen LogP contribution is -2.41. The Kier molecular flexibility index (Phi) is 10.8. The molecule has 0 radical (unpaired) electrons. The van der Waals surface area contributed by atoms with Crippen molar-refractivity contribution in [2.45, 2.75) is 86.0 Å². The number of hydrogen-bond donors (Lipinski definition) is 1. The summed E-state index contributed by atoms with van der Waals surface area (Å²) < 4.78 is 0. The van der Waals surface area contributed by atoms with Crippen LogP contribution in [0, 0.1) is 11.3 Å². The maximum atomic E-state index is 3.28. The summed E-state index contributed by atoms with van der Waals surface area (Å²) in [7, 11) is 0. The van der Waals surface area contributed by atoms with E-state index in [4.69, 9.17) is 0 Å². The highest BCUT2D eigenvalue weighted by Gasteiger charge is 2.45. The third-order valence-corrected chi connectivity index (χ3v) is 4.18. The van der Waals surface area contributed by atoms with Crippen molar-refractivity contribution in [3.8, 4) is 0 Å². The monoisotopic (exact) mass is 255 g/mol. The number of piperidine rings is 1. The van der Waals surface area contributed by atoms with Crippen molar-refractivity contribution in [2.24, 2.45) is 11.3 Å². The number of rotatable bonds is 0. The molecule has 3 fully saturated rings. The molecule has 0 aromatic carbocycles. The molecule has 0 aromatic heterocycles. The van der Waals surface area contributed by atoms with Crippen LogP contribution >= 0.6 is 0 Å². The Morgan fingerprint density at radius 1 is 0.778 bits per heavy atom. The van der Waals surface area contributed by atoms with Crippen molar-refractivity contribution in [3.63, 3.8) is 0 Å². The van der Waals surface area contributed by atoms with Crippen LogP contribution in [0.2, 0.25) is 0 Å². The maximum absolute atomic E-state index is 3.28. The largest absolute Gasteiger partial charge is 0.317 e. The Morgan fingerprint density at radius 2 is 1.28 bits per heavy atom. The number of nitrogens with one attached hydrogen (secondary N) is 1. The summed E-state index contributed by atoms with van der Waals surface area (Å²) in [6, 6.07) is 0. The van der Waals surface area contributed by atoms with E-state index in [9.17, 15) is 0 Å². The minimum atomic E-state index is 0.916. The quantitative estimate of drug-likeness (QED) is 0.611. The second-order valence-electron chi connectivity index (χ2n) is 5.68. The minimum absolute atomic E-state index is 0.916. The van der Waals surface area contributed by atoms with E-state index in [2.05, 4.69) is 12.2 Å². The Bertz CT molecular complexity index is 149. The predicted octanol–water partition coefficient (Wildman–Crippen LogP) is 5.40. The van der Waals surface area contributed by atoms with E-state index < -0.39 is 0 Å². The van der Waals surface area contributed by atoms with Crippen LogP contribution in [0.25, 0.3) is 0 Å². The molecule has 2 aliphatic carbocycles. The maximum Gasteiger partial charge on any atom is -0.00489 e. The lowest BCUT2D eigenvalue weighted by molar-refractivity contribution is -0.0161. The van der Waals surface area contributed by atoms with Crippen molar-refractivity contribution in [1.29, 1.82) is 0 Å². The summed E-state index contributed by atoms with van der Waals surface area (Å²) >= 11 is 0. The van der Waals surface area contributed by atoms with E-state index in [-0.39, 0.29) is 0 Å². The van der Waals surface area contributed by atoms with E-state index in [1.54, 1.807) is 25.7 Å². The van der Waals surface area contributed by atoms with Crippen LogP contribution in [-0.2, 0) is 0 Å². The third-order valence-electron chi connectivity index (χ3n) is 4.18. The van der Waals surface area contributed by atoms with Gasteiger partial charge in [0.15, 0.2) is 0 Å². The molecule has 1 spiro atoms. The van der Waals surface area contributed by atoms with Gasteiger partial charge in [0.2, 0.25) is 0 Å². The van der Waals surface area contributed by atoms with Gasteiger partial charge in [-0.15, -0.1) is 0 Å². The first-order valence-corrected chi connectivity index (χ1v) is 8.52. The molecule has 1 aliphatic heterocycles. The molecule has 0 unspecified atom stereocenters. The van der Waals surface area contributed by atoms with Crippen molar-refractivity contribution in [1.82, 2.24) is 5.32 Å². The van der Waals surface area contributed by atoms with Crippen LogP contribution in [0.4, 0.5) is 0 Å². The van der Waals surface area contributed by atoms with Gasteiger partial charge in [0.25, 0.3) is 0 Å². The van der Waals surface area contributed by atoms with Gasteiger partial charge in [-0.1, -0.05) is 47.5 Å². The Balaban J connectivity index is 0.000000259. The highest BCUT2D eigenvalue weighted by molar-refractivity contribution is 4.97. The standard InChI is InChI=1S/C8H14.C5H11N.2C2H6/c1-7-5-8(6-7)3-2-4-8;1-2-4-6-5-3-1;2*1-2/h7H,2-6H2,1H3;6H,1-5H2;2*1-2H3. The van der Waals surface area contributed by atoms with Crippen molar-refractivity contribution in [3.05, 3.63) is 0 Å². The molecule has 0 aromatic rings. The first-order chi connectivity index (χ1) is 8.81. The van der Waals surface area contributed by atoms with E-state index >= 15 is 0 Å². The molecule has 110 valence electrons. The molecule has 3 rings (SSSR count). The molecule has 1 N–H and O–H groups in total. The van der Waals surface area contributed by atoms with Crippen molar-refractivity contribution >= 4 is 0 Å². The first kappa shape index (κ1) is 18.0. The lowest BCUT2D eigenvalue weighted by atomic mass is 9.52. The second kappa shape index (κ2) is 10.8. The molecule has 0 bridgehead atoms. The zero-order valence-corrected chi connectivity index (χ0v) is 13.6. The van der Waals surface area contributed by atoms with E-state index in [1.807, 2.05) is 27.7 Å². The Labute approximate surface area is 116 Å². The smallest absolute Gasteiger partial charge is 0.00489 e. The van der Waals surface area contributed by atoms with Crippen LogP contribution in [0.3, 0.4) is 0 Å². The van der Waals surface area contributed by atoms with Crippen LogP contribution in [0.1, 0.15) is 86.0 Å². The van der Waals surface area contributed by atoms with E-state index in [1.165, 1.54) is 38.8 Å². The van der Waals surface area contributed by atoms with Gasteiger partial charge in [0.05, 0.1) is 0 Å². The highest BCUT2D eigenvalue weighted by atomic mass is 14.9. The van der Waals surface area contributed by atoms with Gasteiger partial charge < -0.3 is 5.32 Å². The zero-order chi connectivity index (χ0) is 13.9. The van der Waals surface area contributed by atoms with E-state index in [0.717, 1.165) is 11.3 Å². The van der Waals surface area contributed by atoms with Crippen LogP contribution < -0.4 is 5.32 Å². The van der Waals surface area contributed by atoms with Gasteiger partial charge in [-0.2, -0.15) is 0 Å². The molecule has 0 atom stereocenters. The van der Waals surface area contributed by atoms with Gasteiger partial charge in [0.1, 0.15) is 0 Å². The van der Waals surface area contributed by atoms with Gasteiger partial charge in [-0.25, -0.2) is 0 Å². The SMILES string of the molecule is C1CCNCC1.CC.CC.CC1CC2(CCC2)C1. The van der Waals surface area contributed by atoms with Crippen LogP contribution in [0.15, 0.2) is 0 Å². The van der Waals surface area contributed by atoms with Crippen LogP contribution in [-0.4, -0.2) is 13.1 Å². The molecular formula is C17H37N. The normalized spacial score (nSPS) is 23.8. The first-order valence-electron chi connectivity index (χ1n) is 8.52. The minimum Gasteiger partial charge on any atom is -0.317 e. The van der Waals surface area contributed by atoms with Crippen LogP contribution in [0.5, 0.6) is 0 Å². The molecule has 1 saturated heterocycles. The van der Waals surface area contributed by atoms with Gasteiger partial charge in [-0.3, -0.25) is 0 Å². The fourth-order valence-corrected chi connectivity index (χ4v) is 3.31. The predicted molar refractivity (Wildman–Crippen MR) is 84.1 cm³/mol. The third kappa shape index (κ3) is 6.22. The summed E-state index contributed by atoms with van der Waals surface area (Å²) in [5.74, 6) is 1.07. The average molecular weight is 255 g/mol. The molecule has 18 heavy (non-hydrogen) atoms. The zero-order valence-electron chi connectivity index (χ0n) is 13.6. The summed E-state index contributed by atoms with van der Waals surface area (Å²) in [5, 5.41) is 3.28. The molecule has 0 amide bonds. The summed E-state index contributed by atoms with van der Waals surface area (Å²) in [6.45, 7) is 12.9. The summed E-state index contributed by atoms with van der Waals surface area (Å²) in [6.07, 6.45) is 11.9. The topological polar surface area (TPSA) is 12.0 Å². The molecular weight excluding hydrogens is 218 g/mol.